The first kappa shape index (κ1) is 10.6. The molecule has 0 aliphatic carbocycles. The molecule has 0 unspecified atom stereocenters. The second-order valence-electron chi connectivity index (χ2n) is 2.77. The van der Waals surface area contributed by atoms with Gasteiger partial charge >= 0.3 is 7.12 Å². The van der Waals surface area contributed by atoms with Crippen molar-refractivity contribution in [2.75, 3.05) is 6.61 Å². The van der Waals surface area contributed by atoms with Gasteiger partial charge in [-0.05, 0) is 11.8 Å². The molecular formula is C8H13BO3S. The van der Waals surface area contributed by atoms with Crippen molar-refractivity contribution in [2.24, 2.45) is 0 Å². The molecule has 2 N–H and O–H groups in total. The van der Waals surface area contributed by atoms with Gasteiger partial charge in [0.2, 0.25) is 0 Å². The summed E-state index contributed by atoms with van der Waals surface area (Å²) in [5, 5.41) is 21.3. The number of ether oxygens (including phenoxy) is 1. The number of unbranched alkanes of at least 4 members (excludes halogenated alkanes) is 1. The minimum absolute atomic E-state index is 0.459. The standard InChI is InChI=1S/C8H13BO3S/c1-2-3-4-12-8-6-13-5-7(8)9(10)11/h5-6,10-11H,2-4H2,1H3. The van der Waals surface area contributed by atoms with Crippen LogP contribution in [0.4, 0.5) is 0 Å². The van der Waals surface area contributed by atoms with Crippen LogP contribution in [0.1, 0.15) is 19.8 Å². The fraction of sp³-hybridized carbons (Fsp3) is 0.500. The van der Waals surface area contributed by atoms with E-state index in [1.807, 2.05) is 0 Å². The number of thiophene rings is 1. The Kier molecular flexibility index (Phi) is 4.28. The van der Waals surface area contributed by atoms with E-state index in [1.165, 1.54) is 11.3 Å². The second-order valence-corrected chi connectivity index (χ2v) is 3.51. The van der Waals surface area contributed by atoms with Crippen molar-refractivity contribution in [1.82, 2.24) is 0 Å². The van der Waals surface area contributed by atoms with Crippen LogP contribution in [0.2, 0.25) is 0 Å². The first-order valence-corrected chi connectivity index (χ1v) is 5.25. The molecule has 0 bridgehead atoms. The van der Waals surface area contributed by atoms with E-state index in [-0.39, 0.29) is 0 Å². The van der Waals surface area contributed by atoms with E-state index in [0.29, 0.717) is 17.8 Å². The smallest absolute Gasteiger partial charge is 0.493 e. The van der Waals surface area contributed by atoms with Crippen LogP contribution in [-0.2, 0) is 0 Å². The van der Waals surface area contributed by atoms with E-state index in [4.69, 9.17) is 14.8 Å². The third-order valence-corrected chi connectivity index (χ3v) is 2.43. The molecule has 72 valence electrons. The Morgan fingerprint density at radius 1 is 1.46 bits per heavy atom. The molecule has 0 saturated heterocycles. The minimum atomic E-state index is -1.43. The molecule has 0 aromatic carbocycles. The van der Waals surface area contributed by atoms with E-state index in [2.05, 4.69) is 6.92 Å². The summed E-state index contributed by atoms with van der Waals surface area (Å²) < 4.78 is 5.37. The summed E-state index contributed by atoms with van der Waals surface area (Å²) in [6, 6.07) is 0. The van der Waals surface area contributed by atoms with Crippen molar-refractivity contribution in [2.45, 2.75) is 19.8 Å². The van der Waals surface area contributed by atoms with Crippen molar-refractivity contribution in [3.8, 4) is 5.75 Å². The molecule has 0 radical (unpaired) electrons. The minimum Gasteiger partial charge on any atom is -0.493 e. The number of hydrogen-bond acceptors (Lipinski definition) is 4. The van der Waals surface area contributed by atoms with Gasteiger partial charge in [0, 0.05) is 10.8 Å². The Bertz CT molecular complexity index is 249. The highest BCUT2D eigenvalue weighted by molar-refractivity contribution is 7.09. The van der Waals surface area contributed by atoms with Crippen LogP contribution in [0.25, 0.3) is 0 Å². The zero-order valence-electron chi connectivity index (χ0n) is 7.56. The summed E-state index contributed by atoms with van der Waals surface area (Å²) in [7, 11) is -1.43. The molecule has 0 amide bonds. The molecule has 1 aromatic heterocycles. The second kappa shape index (κ2) is 5.27. The number of rotatable bonds is 5. The normalized spacial score (nSPS) is 10.1. The first-order chi connectivity index (χ1) is 6.25. The topological polar surface area (TPSA) is 49.7 Å². The Balaban J connectivity index is 2.50. The molecule has 1 rings (SSSR count). The van der Waals surface area contributed by atoms with E-state index < -0.39 is 7.12 Å². The lowest BCUT2D eigenvalue weighted by molar-refractivity contribution is 0.311. The Morgan fingerprint density at radius 2 is 2.23 bits per heavy atom. The largest absolute Gasteiger partial charge is 0.493 e. The Morgan fingerprint density at radius 3 is 2.85 bits per heavy atom. The van der Waals surface area contributed by atoms with E-state index in [0.717, 1.165) is 12.8 Å². The third kappa shape index (κ3) is 3.02. The zero-order valence-corrected chi connectivity index (χ0v) is 8.38. The van der Waals surface area contributed by atoms with Gasteiger partial charge < -0.3 is 14.8 Å². The van der Waals surface area contributed by atoms with Gasteiger partial charge in [0.15, 0.2) is 0 Å². The van der Waals surface area contributed by atoms with Gasteiger partial charge in [-0.25, -0.2) is 0 Å². The van der Waals surface area contributed by atoms with E-state index in [1.54, 1.807) is 10.8 Å². The monoisotopic (exact) mass is 200 g/mol. The molecule has 5 heteroatoms. The fourth-order valence-corrected chi connectivity index (χ4v) is 1.71. The van der Waals surface area contributed by atoms with Gasteiger partial charge in [0.1, 0.15) is 5.75 Å². The lowest BCUT2D eigenvalue weighted by atomic mass is 9.82. The van der Waals surface area contributed by atoms with Crippen LogP contribution >= 0.6 is 11.3 Å². The van der Waals surface area contributed by atoms with Gasteiger partial charge in [-0.15, -0.1) is 11.3 Å². The van der Waals surface area contributed by atoms with Gasteiger partial charge in [0.05, 0.1) is 6.61 Å². The van der Waals surface area contributed by atoms with Gasteiger partial charge in [-0.2, -0.15) is 0 Å². The Hall–Kier alpha value is -0.515. The number of hydrogen-bond donors (Lipinski definition) is 2. The highest BCUT2D eigenvalue weighted by atomic mass is 32.1. The van der Waals surface area contributed by atoms with Gasteiger partial charge in [0.25, 0.3) is 0 Å². The summed E-state index contributed by atoms with van der Waals surface area (Å²) in [5.41, 5.74) is 0.459. The molecule has 3 nitrogen and oxygen atoms in total. The maximum absolute atomic E-state index is 8.93. The molecule has 1 heterocycles. The van der Waals surface area contributed by atoms with Crippen molar-refractivity contribution in [1.29, 1.82) is 0 Å². The predicted octanol–water partition coefficient (Wildman–Crippen LogP) is 0.607. The summed E-state index contributed by atoms with van der Waals surface area (Å²) in [6.07, 6.45) is 2.05. The summed E-state index contributed by atoms with van der Waals surface area (Å²) in [5.74, 6) is 0.591. The fourth-order valence-electron chi connectivity index (χ4n) is 0.927. The maximum atomic E-state index is 8.93. The molecular weight excluding hydrogens is 187 g/mol. The molecule has 1 aromatic rings. The average Bonchev–Trinajstić information content (AvgIpc) is 2.53. The van der Waals surface area contributed by atoms with Crippen LogP contribution in [0, 0.1) is 0 Å². The van der Waals surface area contributed by atoms with Crippen LogP contribution in [-0.4, -0.2) is 23.8 Å². The predicted molar refractivity (Wildman–Crippen MR) is 54.5 cm³/mol. The van der Waals surface area contributed by atoms with Crippen molar-refractivity contribution in [3.05, 3.63) is 10.8 Å². The summed E-state index contributed by atoms with van der Waals surface area (Å²) in [4.78, 5) is 0. The van der Waals surface area contributed by atoms with E-state index in [9.17, 15) is 0 Å². The highest BCUT2D eigenvalue weighted by Crippen LogP contribution is 2.13. The van der Waals surface area contributed by atoms with Crippen LogP contribution in [0.15, 0.2) is 10.8 Å². The molecule has 0 aliphatic rings. The van der Waals surface area contributed by atoms with E-state index >= 15 is 0 Å². The van der Waals surface area contributed by atoms with Gasteiger partial charge in [-0.1, -0.05) is 13.3 Å². The third-order valence-electron chi connectivity index (χ3n) is 1.69. The summed E-state index contributed by atoms with van der Waals surface area (Å²) >= 11 is 1.41. The molecule has 0 aliphatic heterocycles. The lowest BCUT2D eigenvalue weighted by Crippen LogP contribution is -2.29. The molecule has 0 spiro atoms. The quantitative estimate of drug-likeness (QED) is 0.540. The van der Waals surface area contributed by atoms with Crippen molar-refractivity contribution >= 4 is 23.9 Å². The highest BCUT2D eigenvalue weighted by Gasteiger charge is 2.17. The zero-order chi connectivity index (χ0) is 9.68. The SMILES string of the molecule is CCCCOc1cscc1B(O)O. The van der Waals surface area contributed by atoms with Crippen LogP contribution in [0.5, 0.6) is 5.75 Å². The van der Waals surface area contributed by atoms with Crippen LogP contribution < -0.4 is 10.2 Å². The van der Waals surface area contributed by atoms with Gasteiger partial charge in [-0.3, -0.25) is 0 Å². The molecule has 0 atom stereocenters. The molecule has 0 fully saturated rings. The van der Waals surface area contributed by atoms with Crippen molar-refractivity contribution in [3.63, 3.8) is 0 Å². The molecule has 0 saturated carbocycles. The van der Waals surface area contributed by atoms with Crippen molar-refractivity contribution < 1.29 is 14.8 Å². The average molecular weight is 200 g/mol. The Labute approximate surface area is 82.1 Å². The summed E-state index contributed by atoms with van der Waals surface area (Å²) in [6.45, 7) is 2.71. The lowest BCUT2D eigenvalue weighted by Gasteiger charge is -2.05. The maximum Gasteiger partial charge on any atom is 0.493 e. The first-order valence-electron chi connectivity index (χ1n) is 4.30. The van der Waals surface area contributed by atoms with Crippen LogP contribution in [0.3, 0.4) is 0 Å². The molecule has 13 heavy (non-hydrogen) atoms.